The first-order valence-electron chi connectivity index (χ1n) is 11.2. The summed E-state index contributed by atoms with van der Waals surface area (Å²) in [6, 6.07) is 20.9. The summed E-state index contributed by atoms with van der Waals surface area (Å²) in [5, 5.41) is 0. The summed E-state index contributed by atoms with van der Waals surface area (Å²) in [6.45, 7) is 3.04. The number of carbonyl (C=O) groups is 1. The summed E-state index contributed by atoms with van der Waals surface area (Å²) < 4.78 is 22.2. The lowest BCUT2D eigenvalue weighted by Crippen LogP contribution is -2.48. The summed E-state index contributed by atoms with van der Waals surface area (Å²) in [5.74, 6) is 2.94. The Bertz CT molecular complexity index is 1130. The van der Waals surface area contributed by atoms with Crippen LogP contribution in [0.1, 0.15) is 15.9 Å². The van der Waals surface area contributed by atoms with Crippen LogP contribution in [0.4, 0.5) is 5.69 Å². The number of hydrogen-bond acceptors (Lipinski definition) is 6. The van der Waals surface area contributed by atoms with Gasteiger partial charge in [-0.3, -0.25) is 4.79 Å². The third-order valence-electron chi connectivity index (χ3n) is 5.96. The van der Waals surface area contributed by atoms with E-state index in [1.165, 1.54) is 0 Å². The molecule has 0 bridgehead atoms. The molecule has 1 aliphatic rings. The van der Waals surface area contributed by atoms with Gasteiger partial charge in [0.25, 0.3) is 5.91 Å². The number of anilines is 1. The van der Waals surface area contributed by atoms with Gasteiger partial charge < -0.3 is 28.7 Å². The summed E-state index contributed by atoms with van der Waals surface area (Å²) in [5.41, 5.74) is 2.48. The van der Waals surface area contributed by atoms with E-state index in [9.17, 15) is 4.79 Å². The Balaban J connectivity index is 1.43. The predicted octanol–water partition coefficient (Wildman–Crippen LogP) is 4.25. The molecule has 1 heterocycles. The fraction of sp³-hybridized carbons (Fsp3) is 0.296. The van der Waals surface area contributed by atoms with Gasteiger partial charge in [-0.05, 0) is 42.5 Å². The van der Waals surface area contributed by atoms with Gasteiger partial charge in [-0.1, -0.05) is 18.2 Å². The number of piperazine rings is 1. The molecule has 0 aliphatic carbocycles. The van der Waals surface area contributed by atoms with Gasteiger partial charge in [0.15, 0.2) is 0 Å². The van der Waals surface area contributed by atoms with Crippen LogP contribution < -0.4 is 23.8 Å². The van der Waals surface area contributed by atoms with Crippen LogP contribution in [-0.2, 0) is 6.61 Å². The van der Waals surface area contributed by atoms with Crippen LogP contribution in [0.5, 0.6) is 23.0 Å². The van der Waals surface area contributed by atoms with E-state index in [1.807, 2.05) is 71.6 Å². The number of amides is 1. The summed E-state index contributed by atoms with van der Waals surface area (Å²) in [4.78, 5) is 17.4. The number of ether oxygens (including phenoxy) is 4. The zero-order chi connectivity index (χ0) is 23.9. The van der Waals surface area contributed by atoms with Crippen LogP contribution >= 0.6 is 0 Å². The Kier molecular flexibility index (Phi) is 7.42. The lowest BCUT2D eigenvalue weighted by Gasteiger charge is -2.36. The number of methoxy groups -OCH3 is 3. The Labute approximate surface area is 200 Å². The van der Waals surface area contributed by atoms with E-state index in [0.29, 0.717) is 30.2 Å². The molecule has 0 spiro atoms. The first-order chi connectivity index (χ1) is 16.6. The van der Waals surface area contributed by atoms with Crippen LogP contribution in [0, 0.1) is 0 Å². The Hall–Kier alpha value is -3.87. The van der Waals surface area contributed by atoms with Crippen molar-refractivity contribution in [3.8, 4) is 23.0 Å². The zero-order valence-corrected chi connectivity index (χ0v) is 19.8. The van der Waals surface area contributed by atoms with Gasteiger partial charge in [-0.2, -0.15) is 0 Å². The molecular weight excluding hydrogens is 432 g/mol. The largest absolute Gasteiger partial charge is 0.497 e. The monoisotopic (exact) mass is 462 g/mol. The first kappa shape index (κ1) is 23.3. The normalized spacial score (nSPS) is 13.4. The van der Waals surface area contributed by atoms with Crippen LogP contribution in [-0.4, -0.2) is 58.3 Å². The number of hydrogen-bond donors (Lipinski definition) is 0. The minimum Gasteiger partial charge on any atom is -0.497 e. The van der Waals surface area contributed by atoms with E-state index >= 15 is 0 Å². The fourth-order valence-electron chi connectivity index (χ4n) is 4.10. The smallest absolute Gasteiger partial charge is 0.253 e. The third-order valence-corrected chi connectivity index (χ3v) is 5.96. The molecule has 0 atom stereocenters. The van der Waals surface area contributed by atoms with Gasteiger partial charge in [0.05, 0.1) is 27.0 Å². The summed E-state index contributed by atoms with van der Waals surface area (Å²) >= 11 is 0. The van der Waals surface area contributed by atoms with Gasteiger partial charge in [-0.25, -0.2) is 0 Å². The number of benzene rings is 3. The van der Waals surface area contributed by atoms with Crippen LogP contribution in [0.15, 0.2) is 66.7 Å². The number of nitrogens with zero attached hydrogens (tertiary/aromatic N) is 2. The quantitative estimate of drug-likeness (QED) is 0.499. The van der Waals surface area contributed by atoms with Crippen molar-refractivity contribution >= 4 is 11.6 Å². The second-order valence-electron chi connectivity index (χ2n) is 7.95. The van der Waals surface area contributed by atoms with Crippen molar-refractivity contribution in [2.24, 2.45) is 0 Å². The molecule has 0 aromatic heterocycles. The molecule has 1 aliphatic heterocycles. The van der Waals surface area contributed by atoms with E-state index < -0.39 is 0 Å². The van der Waals surface area contributed by atoms with Crippen molar-refractivity contribution < 1.29 is 23.7 Å². The highest BCUT2D eigenvalue weighted by Crippen LogP contribution is 2.29. The maximum absolute atomic E-state index is 13.3. The molecule has 0 saturated carbocycles. The SMILES string of the molecule is COc1cccc(OCc2cc(C(=O)N3CCN(c4ccccc4OC)CC3)ccc2OC)c1. The van der Waals surface area contributed by atoms with Crippen LogP contribution in [0.3, 0.4) is 0 Å². The molecule has 3 aromatic rings. The van der Waals surface area contributed by atoms with Crippen molar-refractivity contribution in [2.45, 2.75) is 6.61 Å². The molecule has 4 rings (SSSR count). The average molecular weight is 463 g/mol. The highest BCUT2D eigenvalue weighted by Gasteiger charge is 2.24. The van der Waals surface area contributed by atoms with Crippen molar-refractivity contribution in [3.05, 3.63) is 77.9 Å². The van der Waals surface area contributed by atoms with Gasteiger partial charge in [0.2, 0.25) is 0 Å². The van der Waals surface area contributed by atoms with E-state index in [-0.39, 0.29) is 12.5 Å². The van der Waals surface area contributed by atoms with Crippen molar-refractivity contribution in [1.29, 1.82) is 0 Å². The highest BCUT2D eigenvalue weighted by molar-refractivity contribution is 5.94. The van der Waals surface area contributed by atoms with Crippen LogP contribution in [0.25, 0.3) is 0 Å². The first-order valence-corrected chi connectivity index (χ1v) is 11.2. The lowest BCUT2D eigenvalue weighted by molar-refractivity contribution is 0.0746. The van der Waals surface area contributed by atoms with Gasteiger partial charge in [0.1, 0.15) is 29.6 Å². The van der Waals surface area contributed by atoms with Crippen molar-refractivity contribution in [2.75, 3.05) is 52.4 Å². The van der Waals surface area contributed by atoms with Crippen molar-refractivity contribution in [1.82, 2.24) is 4.90 Å². The lowest BCUT2D eigenvalue weighted by atomic mass is 10.1. The molecule has 7 heteroatoms. The summed E-state index contributed by atoms with van der Waals surface area (Å²) in [6.07, 6.45) is 0. The molecule has 0 unspecified atom stereocenters. The van der Waals surface area contributed by atoms with E-state index in [4.69, 9.17) is 18.9 Å². The second kappa shape index (κ2) is 10.8. The minimum absolute atomic E-state index is 0.00459. The summed E-state index contributed by atoms with van der Waals surface area (Å²) in [7, 11) is 4.91. The molecule has 7 nitrogen and oxygen atoms in total. The van der Waals surface area contributed by atoms with Crippen LogP contribution in [0.2, 0.25) is 0 Å². The molecule has 1 fully saturated rings. The minimum atomic E-state index is 0.00459. The second-order valence-corrected chi connectivity index (χ2v) is 7.95. The fourth-order valence-corrected chi connectivity index (χ4v) is 4.10. The molecule has 34 heavy (non-hydrogen) atoms. The van der Waals surface area contributed by atoms with E-state index in [1.54, 1.807) is 21.3 Å². The number of para-hydroxylation sites is 2. The molecule has 1 saturated heterocycles. The standard InChI is InChI=1S/C27H30N2O5/c1-31-22-7-6-8-23(18-22)34-19-21-17-20(11-12-25(21)32-2)27(30)29-15-13-28(14-16-29)24-9-4-5-10-26(24)33-3/h4-12,17-18H,13-16,19H2,1-3H3. The molecule has 3 aromatic carbocycles. The van der Waals surface area contributed by atoms with Gasteiger partial charge >= 0.3 is 0 Å². The van der Waals surface area contributed by atoms with E-state index in [2.05, 4.69) is 4.90 Å². The maximum atomic E-state index is 13.3. The highest BCUT2D eigenvalue weighted by atomic mass is 16.5. The number of carbonyl (C=O) groups excluding carboxylic acids is 1. The van der Waals surface area contributed by atoms with Gasteiger partial charge in [0, 0.05) is 43.4 Å². The third kappa shape index (κ3) is 5.20. The molecule has 0 N–H and O–H groups in total. The van der Waals surface area contributed by atoms with Gasteiger partial charge in [-0.15, -0.1) is 0 Å². The Morgan fingerprint density at radius 3 is 2.24 bits per heavy atom. The molecule has 1 amide bonds. The van der Waals surface area contributed by atoms with E-state index in [0.717, 1.165) is 35.8 Å². The Morgan fingerprint density at radius 2 is 1.50 bits per heavy atom. The predicted molar refractivity (Wildman–Crippen MR) is 131 cm³/mol. The average Bonchev–Trinajstić information content (AvgIpc) is 2.91. The maximum Gasteiger partial charge on any atom is 0.253 e. The molecule has 0 radical (unpaired) electrons. The van der Waals surface area contributed by atoms with Crippen molar-refractivity contribution in [3.63, 3.8) is 0 Å². The Morgan fingerprint density at radius 1 is 0.765 bits per heavy atom. The topological polar surface area (TPSA) is 60.5 Å². The zero-order valence-electron chi connectivity index (χ0n) is 19.8. The molecule has 178 valence electrons. The molecular formula is C27H30N2O5. The number of rotatable bonds is 8.